The summed E-state index contributed by atoms with van der Waals surface area (Å²) in [4.78, 5) is 0. The van der Waals surface area contributed by atoms with Crippen LogP contribution >= 0.6 is 0 Å². The number of hydrogen-bond donors (Lipinski definition) is 1. The van der Waals surface area contributed by atoms with E-state index in [0.717, 1.165) is 5.69 Å². The van der Waals surface area contributed by atoms with Gasteiger partial charge in [0, 0.05) is 18.3 Å². The summed E-state index contributed by atoms with van der Waals surface area (Å²) < 4.78 is 34.6. The van der Waals surface area contributed by atoms with E-state index >= 15 is 0 Å². The van der Waals surface area contributed by atoms with Gasteiger partial charge >= 0.3 is 6.61 Å². The molecule has 0 atom stereocenters. The van der Waals surface area contributed by atoms with E-state index in [1.165, 1.54) is 6.07 Å². The van der Waals surface area contributed by atoms with Crippen LogP contribution in [-0.2, 0) is 6.61 Å². The molecule has 106 valence electrons. The maximum atomic E-state index is 12.3. The van der Waals surface area contributed by atoms with Crippen LogP contribution in [0.25, 0.3) is 0 Å². The molecule has 0 aliphatic rings. The molecule has 2 aromatic carbocycles. The maximum absolute atomic E-state index is 12.3. The van der Waals surface area contributed by atoms with E-state index in [1.54, 1.807) is 18.2 Å². The number of para-hydroxylation sites is 1. The van der Waals surface area contributed by atoms with E-state index in [0.29, 0.717) is 11.3 Å². The highest BCUT2D eigenvalue weighted by Gasteiger charge is 2.09. The van der Waals surface area contributed by atoms with Gasteiger partial charge in [0.05, 0.1) is 0 Å². The van der Waals surface area contributed by atoms with E-state index in [4.69, 9.17) is 4.74 Å². The average molecular weight is 279 g/mol. The lowest BCUT2D eigenvalue weighted by Crippen LogP contribution is -2.06. The second kappa shape index (κ2) is 6.75. The van der Waals surface area contributed by atoms with Gasteiger partial charge in [-0.1, -0.05) is 18.2 Å². The first-order valence-electron chi connectivity index (χ1n) is 6.12. The van der Waals surface area contributed by atoms with Gasteiger partial charge in [-0.2, -0.15) is 8.78 Å². The number of alkyl halides is 2. The summed E-state index contributed by atoms with van der Waals surface area (Å²) in [6.07, 6.45) is 0. The molecule has 0 heterocycles. The van der Waals surface area contributed by atoms with Crippen LogP contribution in [0.15, 0.2) is 48.5 Å². The summed E-state index contributed by atoms with van der Waals surface area (Å²) in [5.41, 5.74) is 1.55. The highest BCUT2D eigenvalue weighted by atomic mass is 19.3. The lowest BCUT2D eigenvalue weighted by Gasteiger charge is -2.12. The summed E-state index contributed by atoms with van der Waals surface area (Å²) in [6.45, 7) is -2.67. The topological polar surface area (TPSA) is 30.5 Å². The van der Waals surface area contributed by atoms with Crippen LogP contribution in [0.4, 0.5) is 14.5 Å². The van der Waals surface area contributed by atoms with Crippen LogP contribution in [0.2, 0.25) is 0 Å². The zero-order valence-electron chi connectivity index (χ0n) is 11.0. The number of nitrogens with one attached hydrogen (secondary N) is 1. The molecule has 20 heavy (non-hydrogen) atoms. The Balaban J connectivity index is 2.02. The number of halogens is 2. The molecule has 2 aromatic rings. The van der Waals surface area contributed by atoms with E-state index < -0.39 is 6.61 Å². The second-order valence-electron chi connectivity index (χ2n) is 4.05. The van der Waals surface area contributed by atoms with Crippen LogP contribution in [0, 0.1) is 0 Å². The molecule has 0 bridgehead atoms. The standard InChI is InChI=1S/C15H15F2NO2/c1-18-12-6-8-13(9-7-12)19-10-11-4-2-3-5-14(11)20-15(16)17/h2-9,15,18H,10H2,1H3. The van der Waals surface area contributed by atoms with Gasteiger partial charge in [0.15, 0.2) is 0 Å². The van der Waals surface area contributed by atoms with Gasteiger partial charge in [0.1, 0.15) is 18.1 Å². The number of ether oxygens (including phenoxy) is 2. The van der Waals surface area contributed by atoms with Gasteiger partial charge in [-0.15, -0.1) is 0 Å². The summed E-state index contributed by atoms with van der Waals surface area (Å²) in [6, 6.07) is 13.9. The first-order chi connectivity index (χ1) is 9.69. The third-order valence-corrected chi connectivity index (χ3v) is 2.73. The molecule has 0 fully saturated rings. The van der Waals surface area contributed by atoms with Crippen LogP contribution < -0.4 is 14.8 Å². The van der Waals surface area contributed by atoms with Crippen molar-refractivity contribution in [1.29, 1.82) is 0 Å². The minimum atomic E-state index is -2.84. The smallest absolute Gasteiger partial charge is 0.387 e. The normalized spacial score (nSPS) is 10.4. The van der Waals surface area contributed by atoms with Gasteiger partial charge in [-0.05, 0) is 30.3 Å². The molecule has 0 saturated heterocycles. The average Bonchev–Trinajstić information content (AvgIpc) is 2.46. The molecule has 2 rings (SSSR count). The van der Waals surface area contributed by atoms with Crippen LogP contribution in [0.3, 0.4) is 0 Å². The van der Waals surface area contributed by atoms with E-state index in [9.17, 15) is 8.78 Å². The lowest BCUT2D eigenvalue weighted by molar-refractivity contribution is -0.0508. The number of anilines is 1. The molecular formula is C15H15F2NO2. The molecule has 5 heteroatoms. The van der Waals surface area contributed by atoms with Crippen molar-refractivity contribution < 1.29 is 18.3 Å². The lowest BCUT2D eigenvalue weighted by atomic mass is 10.2. The van der Waals surface area contributed by atoms with Crippen molar-refractivity contribution in [2.75, 3.05) is 12.4 Å². The fraction of sp³-hybridized carbons (Fsp3) is 0.200. The Morgan fingerprint density at radius 2 is 1.75 bits per heavy atom. The number of rotatable bonds is 6. The van der Waals surface area contributed by atoms with E-state index in [-0.39, 0.29) is 12.4 Å². The van der Waals surface area contributed by atoms with Crippen molar-refractivity contribution >= 4 is 5.69 Å². The zero-order chi connectivity index (χ0) is 14.4. The van der Waals surface area contributed by atoms with Crippen molar-refractivity contribution in [3.63, 3.8) is 0 Å². The highest BCUT2D eigenvalue weighted by Crippen LogP contribution is 2.23. The van der Waals surface area contributed by atoms with Gasteiger partial charge < -0.3 is 14.8 Å². The summed E-state index contributed by atoms with van der Waals surface area (Å²) in [5, 5.41) is 3.00. The van der Waals surface area contributed by atoms with Gasteiger partial charge in [-0.25, -0.2) is 0 Å². The predicted octanol–water partition coefficient (Wildman–Crippen LogP) is 3.91. The molecule has 0 unspecified atom stereocenters. The Bertz CT molecular complexity index is 544. The Hall–Kier alpha value is -2.30. The van der Waals surface area contributed by atoms with Crippen LogP contribution in [0.1, 0.15) is 5.56 Å². The Morgan fingerprint density at radius 3 is 2.40 bits per heavy atom. The maximum Gasteiger partial charge on any atom is 0.387 e. The molecule has 0 aliphatic heterocycles. The second-order valence-corrected chi connectivity index (χ2v) is 4.05. The summed E-state index contributed by atoms with van der Waals surface area (Å²) >= 11 is 0. The van der Waals surface area contributed by atoms with Gasteiger partial charge in [0.2, 0.25) is 0 Å². The molecular weight excluding hydrogens is 264 g/mol. The molecule has 0 amide bonds. The summed E-state index contributed by atoms with van der Waals surface area (Å²) in [5.74, 6) is 0.796. The predicted molar refractivity (Wildman–Crippen MR) is 73.4 cm³/mol. The molecule has 0 radical (unpaired) electrons. The van der Waals surface area contributed by atoms with Crippen LogP contribution in [-0.4, -0.2) is 13.7 Å². The quantitative estimate of drug-likeness (QED) is 0.869. The third-order valence-electron chi connectivity index (χ3n) is 2.73. The molecule has 1 N–H and O–H groups in total. The van der Waals surface area contributed by atoms with Crippen molar-refractivity contribution in [2.45, 2.75) is 13.2 Å². The fourth-order valence-corrected chi connectivity index (χ4v) is 1.71. The zero-order valence-corrected chi connectivity index (χ0v) is 11.0. The van der Waals surface area contributed by atoms with Crippen LogP contribution in [0.5, 0.6) is 11.5 Å². The minimum absolute atomic E-state index is 0.134. The first-order valence-corrected chi connectivity index (χ1v) is 6.12. The third kappa shape index (κ3) is 3.85. The SMILES string of the molecule is CNc1ccc(OCc2ccccc2OC(F)F)cc1. The molecule has 0 aromatic heterocycles. The summed E-state index contributed by atoms with van der Waals surface area (Å²) in [7, 11) is 1.83. The Labute approximate surface area is 116 Å². The minimum Gasteiger partial charge on any atom is -0.489 e. The van der Waals surface area contributed by atoms with Crippen molar-refractivity contribution in [3.05, 3.63) is 54.1 Å². The van der Waals surface area contributed by atoms with E-state index in [1.807, 2.05) is 31.3 Å². The highest BCUT2D eigenvalue weighted by molar-refractivity contribution is 5.45. The fourth-order valence-electron chi connectivity index (χ4n) is 1.71. The molecule has 3 nitrogen and oxygen atoms in total. The largest absolute Gasteiger partial charge is 0.489 e. The molecule has 0 spiro atoms. The Kier molecular flexibility index (Phi) is 4.76. The monoisotopic (exact) mass is 279 g/mol. The van der Waals surface area contributed by atoms with Crippen molar-refractivity contribution in [2.24, 2.45) is 0 Å². The number of benzene rings is 2. The van der Waals surface area contributed by atoms with Gasteiger partial charge in [0.25, 0.3) is 0 Å². The van der Waals surface area contributed by atoms with E-state index in [2.05, 4.69) is 10.1 Å². The van der Waals surface area contributed by atoms with Crippen molar-refractivity contribution in [1.82, 2.24) is 0 Å². The molecule has 0 aliphatic carbocycles. The first kappa shape index (κ1) is 14.1. The van der Waals surface area contributed by atoms with Gasteiger partial charge in [-0.3, -0.25) is 0 Å². The molecule has 0 saturated carbocycles. The Morgan fingerprint density at radius 1 is 1.05 bits per heavy atom. The number of hydrogen-bond acceptors (Lipinski definition) is 3. The van der Waals surface area contributed by atoms with Crippen molar-refractivity contribution in [3.8, 4) is 11.5 Å².